The molecule has 0 bridgehead atoms. The Morgan fingerprint density at radius 3 is 2.56 bits per heavy atom. The largest absolute Gasteiger partial charge is 0.492 e. The summed E-state index contributed by atoms with van der Waals surface area (Å²) in [6, 6.07) is 12.9. The quantitative estimate of drug-likeness (QED) is 0.192. The maximum Gasteiger partial charge on any atom is 0.250 e. The van der Waals surface area contributed by atoms with Gasteiger partial charge in [0.1, 0.15) is 16.6 Å². The molecule has 1 heterocycles. The van der Waals surface area contributed by atoms with E-state index in [0.717, 1.165) is 5.75 Å². The fourth-order valence-corrected chi connectivity index (χ4v) is 4.09. The molecule has 0 fully saturated rings. The third kappa shape index (κ3) is 8.91. The van der Waals surface area contributed by atoms with E-state index in [1.165, 1.54) is 11.3 Å². The number of sulfonamides is 1. The normalized spacial score (nSPS) is 11.5. The molecule has 2 rings (SSSR count). The van der Waals surface area contributed by atoms with E-state index in [1.54, 1.807) is 17.5 Å². The zero-order chi connectivity index (χ0) is 18.7. The highest BCUT2D eigenvalue weighted by atomic mass is 127. The van der Waals surface area contributed by atoms with Crippen LogP contribution in [0.1, 0.15) is 6.92 Å². The summed E-state index contributed by atoms with van der Waals surface area (Å²) in [5.41, 5.74) is 0. The van der Waals surface area contributed by atoms with Gasteiger partial charge in [0.15, 0.2) is 5.96 Å². The van der Waals surface area contributed by atoms with Crippen LogP contribution in [0.3, 0.4) is 0 Å². The summed E-state index contributed by atoms with van der Waals surface area (Å²) in [5.74, 6) is 1.44. The summed E-state index contributed by atoms with van der Waals surface area (Å²) in [5, 5.41) is 8.00. The second-order valence-corrected chi connectivity index (χ2v) is 8.12. The molecule has 150 valence electrons. The molecule has 7 nitrogen and oxygen atoms in total. The predicted molar refractivity (Wildman–Crippen MR) is 121 cm³/mol. The first-order valence-electron chi connectivity index (χ1n) is 8.35. The molecule has 1 aromatic heterocycles. The number of nitrogens with zero attached hydrogens (tertiary/aromatic N) is 1. The van der Waals surface area contributed by atoms with Gasteiger partial charge in [0.2, 0.25) is 10.0 Å². The summed E-state index contributed by atoms with van der Waals surface area (Å²) in [6.45, 7) is 4.33. The van der Waals surface area contributed by atoms with Gasteiger partial charge in [-0.1, -0.05) is 24.3 Å². The average Bonchev–Trinajstić information content (AvgIpc) is 3.19. The Morgan fingerprint density at radius 2 is 1.89 bits per heavy atom. The lowest BCUT2D eigenvalue weighted by molar-refractivity contribution is 0.322. The van der Waals surface area contributed by atoms with Gasteiger partial charge < -0.3 is 15.4 Å². The fourth-order valence-electron chi connectivity index (χ4n) is 2.03. The van der Waals surface area contributed by atoms with Crippen molar-refractivity contribution in [3.63, 3.8) is 0 Å². The number of ether oxygens (including phenoxy) is 1. The summed E-state index contributed by atoms with van der Waals surface area (Å²) in [7, 11) is -3.44. The van der Waals surface area contributed by atoms with Crippen LogP contribution in [0.5, 0.6) is 5.75 Å². The molecule has 1 aromatic carbocycles. The Kier molecular flexibility index (Phi) is 11.3. The lowest BCUT2D eigenvalue weighted by Crippen LogP contribution is -2.40. The number of benzene rings is 1. The van der Waals surface area contributed by atoms with Crippen LogP contribution in [0.4, 0.5) is 0 Å². The SMILES string of the molecule is CCNC(=NCCNS(=O)(=O)c1cccs1)NCCOc1ccccc1.I. The zero-order valence-electron chi connectivity index (χ0n) is 15.1. The van der Waals surface area contributed by atoms with E-state index in [9.17, 15) is 8.42 Å². The number of para-hydroxylation sites is 1. The van der Waals surface area contributed by atoms with Gasteiger partial charge in [0, 0.05) is 13.1 Å². The van der Waals surface area contributed by atoms with Gasteiger partial charge in [-0.2, -0.15) is 0 Å². The Balaban J connectivity index is 0.00000364. The van der Waals surface area contributed by atoms with Crippen molar-refractivity contribution in [2.45, 2.75) is 11.1 Å². The first kappa shape index (κ1) is 23.7. The molecule has 0 saturated carbocycles. The summed E-state index contributed by atoms with van der Waals surface area (Å²) in [4.78, 5) is 4.36. The van der Waals surface area contributed by atoms with Crippen molar-refractivity contribution in [1.82, 2.24) is 15.4 Å². The number of nitrogens with one attached hydrogen (secondary N) is 3. The highest BCUT2D eigenvalue weighted by Gasteiger charge is 2.13. The molecule has 0 aliphatic carbocycles. The minimum atomic E-state index is -3.44. The molecule has 0 aliphatic rings. The second-order valence-electron chi connectivity index (χ2n) is 5.18. The molecule has 0 radical (unpaired) electrons. The van der Waals surface area contributed by atoms with E-state index in [4.69, 9.17) is 4.74 Å². The lowest BCUT2D eigenvalue weighted by Gasteiger charge is -2.12. The maximum absolute atomic E-state index is 12.0. The van der Waals surface area contributed by atoms with Gasteiger partial charge in [-0.15, -0.1) is 35.3 Å². The third-order valence-corrected chi connectivity index (χ3v) is 6.04. The Morgan fingerprint density at radius 1 is 1.11 bits per heavy atom. The molecular weight excluding hydrogens is 499 g/mol. The van der Waals surface area contributed by atoms with Crippen molar-refractivity contribution >= 4 is 51.3 Å². The number of hydrogen-bond acceptors (Lipinski definition) is 5. The van der Waals surface area contributed by atoms with E-state index < -0.39 is 10.0 Å². The third-order valence-electron chi connectivity index (χ3n) is 3.18. The highest BCUT2D eigenvalue weighted by Crippen LogP contribution is 2.14. The van der Waals surface area contributed by atoms with Crippen LogP contribution in [0.15, 0.2) is 57.0 Å². The van der Waals surface area contributed by atoms with Gasteiger partial charge in [-0.05, 0) is 30.5 Å². The van der Waals surface area contributed by atoms with Gasteiger partial charge in [-0.25, -0.2) is 13.1 Å². The first-order valence-corrected chi connectivity index (χ1v) is 10.7. The molecule has 0 amide bonds. The molecule has 3 N–H and O–H groups in total. The summed E-state index contributed by atoms with van der Waals surface area (Å²) >= 11 is 1.19. The van der Waals surface area contributed by atoms with E-state index in [0.29, 0.717) is 36.4 Å². The van der Waals surface area contributed by atoms with Crippen molar-refractivity contribution in [2.75, 3.05) is 32.8 Å². The van der Waals surface area contributed by atoms with Gasteiger partial charge in [0.25, 0.3) is 0 Å². The highest BCUT2D eigenvalue weighted by molar-refractivity contribution is 14.0. The maximum atomic E-state index is 12.0. The van der Waals surface area contributed by atoms with E-state index in [-0.39, 0.29) is 30.5 Å². The van der Waals surface area contributed by atoms with Crippen LogP contribution < -0.4 is 20.1 Å². The molecule has 2 aromatic rings. The summed E-state index contributed by atoms with van der Waals surface area (Å²) < 4.78 is 32.5. The molecule has 0 aliphatic heterocycles. The molecular formula is C17H25IN4O3S2. The molecule has 0 unspecified atom stereocenters. The van der Waals surface area contributed by atoms with Crippen LogP contribution in [-0.2, 0) is 10.0 Å². The number of thiophene rings is 1. The van der Waals surface area contributed by atoms with E-state index in [1.807, 2.05) is 37.3 Å². The van der Waals surface area contributed by atoms with Crippen molar-refractivity contribution in [3.8, 4) is 5.75 Å². The number of rotatable bonds is 10. The van der Waals surface area contributed by atoms with E-state index >= 15 is 0 Å². The van der Waals surface area contributed by atoms with Crippen LogP contribution in [0.25, 0.3) is 0 Å². The smallest absolute Gasteiger partial charge is 0.250 e. The minimum absolute atomic E-state index is 0. The average molecular weight is 524 g/mol. The Hall–Kier alpha value is -1.37. The van der Waals surface area contributed by atoms with Crippen LogP contribution in [-0.4, -0.2) is 47.2 Å². The number of guanidine groups is 1. The van der Waals surface area contributed by atoms with Crippen molar-refractivity contribution in [2.24, 2.45) is 4.99 Å². The monoisotopic (exact) mass is 524 g/mol. The van der Waals surface area contributed by atoms with E-state index in [2.05, 4.69) is 20.3 Å². The van der Waals surface area contributed by atoms with Crippen molar-refractivity contribution in [3.05, 3.63) is 47.8 Å². The topological polar surface area (TPSA) is 91.8 Å². The van der Waals surface area contributed by atoms with Gasteiger partial charge in [-0.3, -0.25) is 4.99 Å². The van der Waals surface area contributed by atoms with Gasteiger partial charge in [0.05, 0.1) is 13.1 Å². The molecule has 27 heavy (non-hydrogen) atoms. The van der Waals surface area contributed by atoms with Crippen LogP contribution in [0.2, 0.25) is 0 Å². The molecule has 0 saturated heterocycles. The molecule has 0 spiro atoms. The fraction of sp³-hybridized carbons (Fsp3) is 0.353. The van der Waals surface area contributed by atoms with Crippen LogP contribution in [0, 0.1) is 0 Å². The van der Waals surface area contributed by atoms with Crippen molar-refractivity contribution in [1.29, 1.82) is 0 Å². The van der Waals surface area contributed by atoms with Crippen LogP contribution >= 0.6 is 35.3 Å². The molecule has 10 heteroatoms. The van der Waals surface area contributed by atoms with Crippen molar-refractivity contribution < 1.29 is 13.2 Å². The number of hydrogen-bond donors (Lipinski definition) is 3. The number of aliphatic imine (C=N–C) groups is 1. The Labute approximate surface area is 181 Å². The Bertz CT molecular complexity index is 769. The zero-order valence-corrected chi connectivity index (χ0v) is 19.0. The minimum Gasteiger partial charge on any atom is -0.492 e. The molecule has 0 atom stereocenters. The standard InChI is InChI=1S/C17H24N4O3S2.HI/c1-2-18-17(20-12-13-24-15-7-4-3-5-8-15)19-10-11-21-26(22,23)16-9-6-14-25-16;/h3-9,14,21H,2,10-13H2,1H3,(H2,18,19,20);1H. The summed E-state index contributed by atoms with van der Waals surface area (Å²) in [6.07, 6.45) is 0. The lowest BCUT2D eigenvalue weighted by atomic mass is 10.3. The van der Waals surface area contributed by atoms with Gasteiger partial charge >= 0.3 is 0 Å². The predicted octanol–water partition coefficient (Wildman–Crippen LogP) is 2.28. The second kappa shape index (κ2) is 12.9. The first-order chi connectivity index (χ1) is 12.6. The number of halogens is 1.